The van der Waals surface area contributed by atoms with Crippen LogP contribution in [-0.4, -0.2) is 14.5 Å². The van der Waals surface area contributed by atoms with Crippen LogP contribution >= 0.6 is 11.3 Å². The molecule has 0 amide bonds. The number of aromatic nitrogens is 3. The number of halogens is 1. The Morgan fingerprint density at radius 3 is 2.94 bits per heavy atom. The molecule has 3 rings (SSSR count). The van der Waals surface area contributed by atoms with Crippen LogP contribution in [0.3, 0.4) is 0 Å². The van der Waals surface area contributed by atoms with Crippen LogP contribution in [0.1, 0.15) is 10.7 Å². The minimum Gasteiger partial charge on any atom is -0.369 e. The number of nitrogens with two attached hydrogens (primary N) is 1. The topological polar surface area (TPSA) is 56.7 Å². The molecule has 0 radical (unpaired) electrons. The molecule has 2 heterocycles. The zero-order chi connectivity index (χ0) is 12.7. The molecular formula is C12H11FN4S. The highest BCUT2D eigenvalue weighted by Gasteiger charge is 2.12. The van der Waals surface area contributed by atoms with Crippen LogP contribution < -0.4 is 5.73 Å². The number of thiazole rings is 1. The fraction of sp³-hybridized carbons (Fsp3) is 0.167. The van der Waals surface area contributed by atoms with Gasteiger partial charge in [0.15, 0.2) is 5.82 Å². The zero-order valence-electron chi connectivity index (χ0n) is 9.72. The van der Waals surface area contributed by atoms with Crippen LogP contribution in [0.25, 0.3) is 11.0 Å². The van der Waals surface area contributed by atoms with Gasteiger partial charge in [0, 0.05) is 11.1 Å². The molecule has 0 spiro atoms. The van der Waals surface area contributed by atoms with Gasteiger partial charge in [-0.1, -0.05) is 6.07 Å². The smallest absolute Gasteiger partial charge is 0.201 e. The average molecular weight is 262 g/mol. The number of hydrogen-bond acceptors (Lipinski definition) is 4. The highest BCUT2D eigenvalue weighted by atomic mass is 32.1. The fourth-order valence-electron chi connectivity index (χ4n) is 1.91. The Balaban J connectivity index is 2.11. The molecule has 92 valence electrons. The van der Waals surface area contributed by atoms with E-state index in [1.165, 1.54) is 6.07 Å². The summed E-state index contributed by atoms with van der Waals surface area (Å²) in [6.07, 6.45) is 0. The molecule has 0 bridgehead atoms. The van der Waals surface area contributed by atoms with Crippen molar-refractivity contribution in [2.45, 2.75) is 13.5 Å². The Hall–Kier alpha value is -1.95. The summed E-state index contributed by atoms with van der Waals surface area (Å²) in [5.41, 5.74) is 7.82. The third kappa shape index (κ3) is 1.74. The van der Waals surface area contributed by atoms with Crippen LogP contribution in [-0.2, 0) is 6.54 Å². The Labute approximate surface area is 107 Å². The van der Waals surface area contributed by atoms with Crippen molar-refractivity contribution >= 4 is 28.3 Å². The second-order valence-electron chi connectivity index (χ2n) is 4.05. The lowest BCUT2D eigenvalue weighted by atomic mass is 10.3. The molecule has 0 saturated heterocycles. The van der Waals surface area contributed by atoms with Crippen molar-refractivity contribution < 1.29 is 4.39 Å². The van der Waals surface area contributed by atoms with Crippen molar-refractivity contribution in [3.05, 3.63) is 40.1 Å². The molecule has 3 aromatic rings. The van der Waals surface area contributed by atoms with Crippen molar-refractivity contribution in [3.8, 4) is 0 Å². The quantitative estimate of drug-likeness (QED) is 0.772. The Morgan fingerprint density at radius 1 is 1.39 bits per heavy atom. The van der Waals surface area contributed by atoms with E-state index < -0.39 is 0 Å². The predicted molar refractivity (Wildman–Crippen MR) is 70.1 cm³/mol. The molecule has 18 heavy (non-hydrogen) atoms. The third-order valence-electron chi connectivity index (χ3n) is 2.72. The molecular weight excluding hydrogens is 251 g/mol. The van der Waals surface area contributed by atoms with Crippen LogP contribution in [0.2, 0.25) is 0 Å². The molecule has 2 N–H and O–H groups in total. The summed E-state index contributed by atoms with van der Waals surface area (Å²) >= 11 is 1.56. The first-order chi connectivity index (χ1) is 8.65. The van der Waals surface area contributed by atoms with Crippen LogP contribution in [0, 0.1) is 12.7 Å². The van der Waals surface area contributed by atoms with Crippen molar-refractivity contribution in [3.63, 3.8) is 0 Å². The Morgan fingerprint density at radius 2 is 2.22 bits per heavy atom. The molecule has 2 aromatic heterocycles. The average Bonchev–Trinajstić information content (AvgIpc) is 2.87. The molecule has 0 aliphatic heterocycles. The predicted octanol–water partition coefficient (Wildman–Crippen LogP) is 2.57. The number of nitrogen functional groups attached to an aromatic ring is 1. The number of hydrogen-bond donors (Lipinski definition) is 1. The van der Waals surface area contributed by atoms with Gasteiger partial charge in [0.1, 0.15) is 10.5 Å². The van der Waals surface area contributed by atoms with Crippen molar-refractivity contribution in [2.24, 2.45) is 0 Å². The van der Waals surface area contributed by atoms with Crippen molar-refractivity contribution in [1.82, 2.24) is 14.5 Å². The van der Waals surface area contributed by atoms with E-state index in [9.17, 15) is 4.39 Å². The van der Waals surface area contributed by atoms with E-state index in [2.05, 4.69) is 9.97 Å². The van der Waals surface area contributed by atoms with Crippen LogP contribution in [0.4, 0.5) is 10.3 Å². The first-order valence-electron chi connectivity index (χ1n) is 5.46. The van der Waals surface area contributed by atoms with E-state index in [-0.39, 0.29) is 5.82 Å². The van der Waals surface area contributed by atoms with Gasteiger partial charge < -0.3 is 10.3 Å². The van der Waals surface area contributed by atoms with Gasteiger partial charge in [-0.25, -0.2) is 14.4 Å². The highest BCUT2D eigenvalue weighted by Crippen LogP contribution is 2.22. The van der Waals surface area contributed by atoms with Gasteiger partial charge in [-0.15, -0.1) is 11.3 Å². The van der Waals surface area contributed by atoms with Crippen molar-refractivity contribution in [1.29, 1.82) is 0 Å². The molecule has 4 nitrogen and oxygen atoms in total. The molecule has 0 atom stereocenters. The van der Waals surface area contributed by atoms with E-state index in [4.69, 9.17) is 5.73 Å². The lowest BCUT2D eigenvalue weighted by Gasteiger charge is -2.03. The van der Waals surface area contributed by atoms with Gasteiger partial charge in [0.25, 0.3) is 0 Å². The molecule has 0 unspecified atom stereocenters. The normalized spacial score (nSPS) is 11.2. The number of fused-ring (bicyclic) bond motifs is 1. The van der Waals surface area contributed by atoms with E-state index in [1.54, 1.807) is 22.0 Å². The monoisotopic (exact) mass is 262 g/mol. The Bertz CT molecular complexity index is 716. The number of para-hydroxylation sites is 1. The summed E-state index contributed by atoms with van der Waals surface area (Å²) in [6, 6.07) is 4.84. The van der Waals surface area contributed by atoms with Gasteiger partial charge in [-0.3, -0.25) is 0 Å². The molecule has 6 heteroatoms. The zero-order valence-corrected chi connectivity index (χ0v) is 10.5. The largest absolute Gasteiger partial charge is 0.369 e. The van der Waals surface area contributed by atoms with Crippen LogP contribution in [0.15, 0.2) is 23.6 Å². The van der Waals surface area contributed by atoms with Gasteiger partial charge in [-0.05, 0) is 19.1 Å². The summed E-state index contributed by atoms with van der Waals surface area (Å²) in [7, 11) is 0. The second kappa shape index (κ2) is 4.06. The van der Waals surface area contributed by atoms with E-state index >= 15 is 0 Å². The van der Waals surface area contributed by atoms with Gasteiger partial charge >= 0.3 is 0 Å². The fourth-order valence-corrected chi connectivity index (χ4v) is 2.67. The maximum Gasteiger partial charge on any atom is 0.201 e. The van der Waals surface area contributed by atoms with E-state index in [1.807, 2.05) is 18.4 Å². The maximum absolute atomic E-state index is 13.6. The first-order valence-corrected chi connectivity index (χ1v) is 6.34. The van der Waals surface area contributed by atoms with Gasteiger partial charge in [-0.2, -0.15) is 0 Å². The van der Waals surface area contributed by atoms with E-state index in [0.29, 0.717) is 23.5 Å². The molecule has 1 aromatic carbocycles. The lowest BCUT2D eigenvalue weighted by molar-refractivity contribution is 0.637. The number of rotatable bonds is 2. The Kier molecular flexibility index (Phi) is 2.52. The SMILES string of the molecule is Cc1csc(Cn2c(N)nc3c(F)cccc32)n1. The number of benzene rings is 1. The van der Waals surface area contributed by atoms with Gasteiger partial charge in [0.2, 0.25) is 5.95 Å². The maximum atomic E-state index is 13.6. The summed E-state index contributed by atoms with van der Waals surface area (Å²) in [5, 5.41) is 2.91. The summed E-state index contributed by atoms with van der Waals surface area (Å²) in [6.45, 7) is 2.46. The number of nitrogens with zero attached hydrogens (tertiary/aromatic N) is 3. The van der Waals surface area contributed by atoms with E-state index in [0.717, 1.165) is 10.7 Å². The highest BCUT2D eigenvalue weighted by molar-refractivity contribution is 7.09. The first kappa shape index (κ1) is 11.2. The van der Waals surface area contributed by atoms with Crippen LogP contribution in [0.5, 0.6) is 0 Å². The lowest BCUT2D eigenvalue weighted by Crippen LogP contribution is -2.04. The minimum atomic E-state index is -0.353. The molecule has 0 aliphatic carbocycles. The number of imidazole rings is 1. The standard InChI is InChI=1S/C12H11FN4S/c1-7-6-18-10(15-7)5-17-9-4-2-3-8(13)11(9)16-12(17)14/h2-4,6H,5H2,1H3,(H2,14,16). The number of anilines is 1. The van der Waals surface area contributed by atoms with Crippen molar-refractivity contribution in [2.75, 3.05) is 5.73 Å². The molecule has 0 saturated carbocycles. The molecule has 0 fully saturated rings. The summed E-state index contributed by atoms with van der Waals surface area (Å²) in [5.74, 6) is -0.0452. The minimum absolute atomic E-state index is 0.308. The second-order valence-corrected chi connectivity index (χ2v) is 4.99. The summed E-state index contributed by atoms with van der Waals surface area (Å²) in [4.78, 5) is 8.43. The summed E-state index contributed by atoms with van der Waals surface area (Å²) < 4.78 is 15.4. The van der Waals surface area contributed by atoms with Gasteiger partial charge in [0.05, 0.1) is 12.1 Å². The molecule has 0 aliphatic rings. The third-order valence-corrected chi connectivity index (χ3v) is 3.67. The number of aryl methyl sites for hydroxylation is 1.